The summed E-state index contributed by atoms with van der Waals surface area (Å²) in [7, 11) is -2.83. The Kier molecular flexibility index (Phi) is 5.91. The molecule has 9 heteroatoms. The van der Waals surface area contributed by atoms with Gasteiger partial charge in [0.05, 0.1) is 22.8 Å². The van der Waals surface area contributed by atoms with Crippen LogP contribution in [-0.2, 0) is 29.9 Å². The molecule has 3 aromatic rings. The fourth-order valence-corrected chi connectivity index (χ4v) is 6.94. The number of carbonyl (C=O) groups excluding carboxylic acids is 2. The van der Waals surface area contributed by atoms with E-state index in [-0.39, 0.29) is 34.8 Å². The van der Waals surface area contributed by atoms with Gasteiger partial charge in [0.2, 0.25) is 0 Å². The van der Waals surface area contributed by atoms with E-state index in [0.29, 0.717) is 11.3 Å². The lowest BCUT2D eigenvalue weighted by Gasteiger charge is -2.36. The molecular formula is C28H25FN2O5S. The third-order valence-electron chi connectivity index (χ3n) is 6.84. The molecule has 1 amide bonds. The predicted molar refractivity (Wildman–Crippen MR) is 136 cm³/mol. The van der Waals surface area contributed by atoms with E-state index in [9.17, 15) is 22.4 Å². The molecule has 0 radical (unpaired) electrons. The van der Waals surface area contributed by atoms with E-state index in [1.807, 2.05) is 6.92 Å². The summed E-state index contributed by atoms with van der Waals surface area (Å²) in [6.07, 6.45) is -0.232. The number of halogens is 1. The van der Waals surface area contributed by atoms with Crippen LogP contribution in [0.3, 0.4) is 0 Å². The van der Waals surface area contributed by atoms with Crippen LogP contribution in [0.4, 0.5) is 10.1 Å². The normalized spacial score (nSPS) is 19.1. The van der Waals surface area contributed by atoms with Crippen LogP contribution < -0.4 is 4.90 Å². The Hall–Kier alpha value is -3.98. The van der Waals surface area contributed by atoms with Crippen LogP contribution in [0.2, 0.25) is 0 Å². The number of carbonyl (C=O) groups is 2. The quantitative estimate of drug-likeness (QED) is 0.467. The lowest BCUT2D eigenvalue weighted by Crippen LogP contribution is -2.51. The molecule has 37 heavy (non-hydrogen) atoms. The maximum absolute atomic E-state index is 14.4. The molecule has 7 nitrogen and oxygen atoms in total. The number of esters is 1. The summed E-state index contributed by atoms with van der Waals surface area (Å²) in [5, 5.41) is 0. The standard InChI is InChI=1S/C28H25FN2O5S/c1-4-36-26(32)22-17-28(23-7-5-6-8-24(23)30(3)27(28)33)31(25(22)19-11-13-20(29)14-12-19)37(34,35)21-15-9-18(2)10-16-21/h5-16H,4,17H2,1-3H3. The van der Waals surface area contributed by atoms with Crippen molar-refractivity contribution in [3.8, 4) is 0 Å². The van der Waals surface area contributed by atoms with Crippen LogP contribution in [-0.4, -0.2) is 38.3 Å². The molecule has 0 aliphatic carbocycles. The highest BCUT2D eigenvalue weighted by Crippen LogP contribution is 2.57. The summed E-state index contributed by atoms with van der Waals surface area (Å²) in [4.78, 5) is 28.7. The van der Waals surface area contributed by atoms with E-state index < -0.39 is 33.3 Å². The molecule has 3 aromatic carbocycles. The van der Waals surface area contributed by atoms with Gasteiger partial charge >= 0.3 is 5.97 Å². The van der Waals surface area contributed by atoms with E-state index in [0.717, 1.165) is 9.87 Å². The maximum atomic E-state index is 14.4. The first-order valence-corrected chi connectivity index (χ1v) is 13.2. The molecule has 1 unspecified atom stereocenters. The van der Waals surface area contributed by atoms with E-state index in [2.05, 4.69) is 0 Å². The average Bonchev–Trinajstić information content (AvgIpc) is 3.35. The number of ether oxygens (including phenoxy) is 1. The molecule has 0 N–H and O–H groups in total. The van der Waals surface area contributed by atoms with Crippen LogP contribution in [0.1, 0.15) is 30.0 Å². The summed E-state index contributed by atoms with van der Waals surface area (Å²) in [6.45, 7) is 3.54. The van der Waals surface area contributed by atoms with Gasteiger partial charge in [-0.25, -0.2) is 21.9 Å². The highest BCUT2D eigenvalue weighted by molar-refractivity contribution is 7.89. The largest absolute Gasteiger partial charge is 0.463 e. The molecule has 0 fully saturated rings. The Labute approximate surface area is 214 Å². The van der Waals surface area contributed by atoms with E-state index in [1.165, 1.54) is 41.3 Å². The number of nitrogens with zero attached hydrogens (tertiary/aromatic N) is 2. The molecule has 0 saturated carbocycles. The van der Waals surface area contributed by atoms with Crippen LogP contribution in [0, 0.1) is 12.7 Å². The highest BCUT2D eigenvalue weighted by Gasteiger charge is 2.63. The minimum absolute atomic E-state index is 0.00234. The number of anilines is 1. The SMILES string of the molecule is CCOC(=O)C1=C(c2ccc(F)cc2)N(S(=O)(=O)c2ccc(C)cc2)C2(C1)C(=O)N(C)c1ccccc12. The third kappa shape index (κ3) is 3.64. The van der Waals surface area contributed by atoms with Gasteiger partial charge < -0.3 is 9.64 Å². The number of aryl methyl sites for hydroxylation is 1. The molecule has 0 aromatic heterocycles. The Morgan fingerprint density at radius 2 is 1.68 bits per heavy atom. The molecule has 2 heterocycles. The topological polar surface area (TPSA) is 84.0 Å². The maximum Gasteiger partial charge on any atom is 0.336 e. The number of amides is 1. The monoisotopic (exact) mass is 520 g/mol. The first-order valence-electron chi connectivity index (χ1n) is 11.8. The van der Waals surface area contributed by atoms with Crippen LogP contribution in [0.25, 0.3) is 5.70 Å². The second-order valence-corrected chi connectivity index (χ2v) is 10.8. The second kappa shape index (κ2) is 8.85. The molecule has 2 aliphatic rings. The van der Waals surface area contributed by atoms with Gasteiger partial charge in [0.25, 0.3) is 15.9 Å². The van der Waals surface area contributed by atoms with E-state index >= 15 is 0 Å². The van der Waals surface area contributed by atoms with Crippen LogP contribution >= 0.6 is 0 Å². The molecule has 5 rings (SSSR count). The molecule has 1 spiro atoms. The Bertz CT molecular complexity index is 1550. The van der Waals surface area contributed by atoms with Crippen molar-refractivity contribution in [1.29, 1.82) is 0 Å². The van der Waals surface area contributed by atoms with Gasteiger partial charge in [-0.2, -0.15) is 0 Å². The summed E-state index contributed by atoms with van der Waals surface area (Å²) in [5.41, 5.74) is 0.397. The summed E-state index contributed by atoms with van der Waals surface area (Å²) < 4.78 is 49.1. The van der Waals surface area contributed by atoms with Crippen LogP contribution in [0.5, 0.6) is 0 Å². The molecule has 1 atom stereocenters. The number of hydrogen-bond donors (Lipinski definition) is 0. The summed E-state index contributed by atoms with van der Waals surface area (Å²) in [6, 6.07) is 18.4. The average molecular weight is 521 g/mol. The van der Waals surface area contributed by atoms with Gasteiger partial charge in [0, 0.05) is 24.7 Å². The summed E-state index contributed by atoms with van der Waals surface area (Å²) in [5.74, 6) is -1.75. The third-order valence-corrected chi connectivity index (χ3v) is 8.68. The Morgan fingerprint density at radius 1 is 1.03 bits per heavy atom. The van der Waals surface area contributed by atoms with Gasteiger partial charge in [0.15, 0.2) is 5.54 Å². The first kappa shape index (κ1) is 24.7. The van der Waals surface area contributed by atoms with Gasteiger partial charge in [-0.15, -0.1) is 0 Å². The molecule has 0 bridgehead atoms. The number of rotatable bonds is 5. The van der Waals surface area contributed by atoms with E-state index in [1.54, 1.807) is 50.4 Å². The predicted octanol–water partition coefficient (Wildman–Crippen LogP) is 4.37. The van der Waals surface area contributed by atoms with Crippen molar-refractivity contribution >= 4 is 33.3 Å². The smallest absolute Gasteiger partial charge is 0.336 e. The minimum Gasteiger partial charge on any atom is -0.463 e. The van der Waals surface area contributed by atoms with Gasteiger partial charge in [-0.05, 0) is 61.9 Å². The minimum atomic E-state index is -4.41. The van der Waals surface area contributed by atoms with Crippen molar-refractivity contribution < 1.29 is 27.1 Å². The van der Waals surface area contributed by atoms with Crippen molar-refractivity contribution in [2.45, 2.75) is 30.7 Å². The van der Waals surface area contributed by atoms with Crippen molar-refractivity contribution in [3.05, 3.63) is 101 Å². The van der Waals surface area contributed by atoms with Crippen molar-refractivity contribution in [2.75, 3.05) is 18.6 Å². The lowest BCUT2D eigenvalue weighted by molar-refractivity contribution is -0.138. The highest BCUT2D eigenvalue weighted by atomic mass is 32.2. The number of fused-ring (bicyclic) bond motifs is 2. The number of sulfonamides is 1. The number of hydrogen-bond acceptors (Lipinski definition) is 5. The van der Waals surface area contributed by atoms with Crippen molar-refractivity contribution in [2.24, 2.45) is 0 Å². The second-order valence-electron chi connectivity index (χ2n) is 9.06. The zero-order valence-corrected chi connectivity index (χ0v) is 21.4. The molecule has 190 valence electrons. The molecule has 0 saturated heterocycles. The zero-order valence-electron chi connectivity index (χ0n) is 20.6. The van der Waals surface area contributed by atoms with Gasteiger partial charge in [-0.1, -0.05) is 35.9 Å². The fourth-order valence-electron chi connectivity index (χ4n) is 5.14. The van der Waals surface area contributed by atoms with Gasteiger partial charge in [0.1, 0.15) is 5.82 Å². The van der Waals surface area contributed by atoms with Crippen molar-refractivity contribution in [3.63, 3.8) is 0 Å². The molecule has 2 aliphatic heterocycles. The zero-order chi connectivity index (χ0) is 26.5. The summed E-state index contributed by atoms with van der Waals surface area (Å²) >= 11 is 0. The number of likely N-dealkylation sites (N-methyl/N-ethyl adjacent to an activating group) is 1. The Morgan fingerprint density at radius 3 is 2.32 bits per heavy atom. The fraction of sp³-hybridized carbons (Fsp3) is 0.214. The van der Waals surface area contributed by atoms with Crippen molar-refractivity contribution in [1.82, 2.24) is 4.31 Å². The number of para-hydroxylation sites is 1. The molecular weight excluding hydrogens is 495 g/mol. The van der Waals surface area contributed by atoms with Crippen LogP contribution in [0.15, 0.2) is 83.3 Å². The lowest BCUT2D eigenvalue weighted by atomic mass is 9.87. The van der Waals surface area contributed by atoms with Gasteiger partial charge in [-0.3, -0.25) is 4.79 Å². The first-order chi connectivity index (χ1) is 17.6. The Balaban J connectivity index is 1.87. The number of benzene rings is 3. The van der Waals surface area contributed by atoms with E-state index in [4.69, 9.17) is 4.74 Å².